The van der Waals surface area contributed by atoms with E-state index in [1.165, 1.54) is 31.2 Å². The third-order valence-corrected chi connectivity index (χ3v) is 9.96. The molecule has 0 heterocycles. The number of nitrogen functional groups attached to an aromatic ring is 2. The lowest BCUT2D eigenvalue weighted by Gasteiger charge is -2.43. The number of halogens is 10. The summed E-state index contributed by atoms with van der Waals surface area (Å²) in [5.41, 5.74) is 7.71. The zero-order valence-electron chi connectivity index (χ0n) is 37.6. The van der Waals surface area contributed by atoms with Crippen molar-refractivity contribution in [1.82, 2.24) is 0 Å². The Balaban J connectivity index is 2.19. The van der Waals surface area contributed by atoms with Crippen LogP contribution in [0.1, 0.15) is 105 Å². The number of carbonyl (C=O) groups excluding carboxylic acids is 1. The Kier molecular flexibility index (Phi) is 18.7. The van der Waals surface area contributed by atoms with Crippen LogP contribution in [0.2, 0.25) is 0 Å². The molecule has 0 aromatic heterocycles. The van der Waals surface area contributed by atoms with Crippen LogP contribution >= 0.6 is 0 Å². The number of rotatable bonds is 26. The molecule has 0 saturated heterocycles. The van der Waals surface area contributed by atoms with Gasteiger partial charge in [-0.15, -0.1) is 0 Å². The van der Waals surface area contributed by atoms with E-state index in [4.69, 9.17) is 39.9 Å². The Labute approximate surface area is 363 Å². The van der Waals surface area contributed by atoms with Crippen molar-refractivity contribution < 1.29 is 77.1 Å². The summed E-state index contributed by atoms with van der Waals surface area (Å²) in [6.07, 6.45) is -12.3. The minimum atomic E-state index is -5.83. The van der Waals surface area contributed by atoms with Gasteiger partial charge in [0.25, 0.3) is 0 Å². The summed E-state index contributed by atoms with van der Waals surface area (Å²) < 4.78 is 167. The summed E-state index contributed by atoms with van der Waals surface area (Å²) in [6.45, 7) is 12.1. The van der Waals surface area contributed by atoms with Crippen LogP contribution in [0.3, 0.4) is 0 Å². The number of hydrogen-bond acceptors (Lipinski definition) is 9. The minimum Gasteiger partial charge on any atom is -0.491 e. The fraction of sp³-hybridized carbons (Fsp3) is 0.705. The van der Waals surface area contributed by atoms with Gasteiger partial charge in [-0.05, 0) is 121 Å². The molecule has 2 aromatic rings. The molecule has 0 saturated carbocycles. The van der Waals surface area contributed by atoms with Gasteiger partial charge in [-0.3, -0.25) is 0 Å². The maximum atomic E-state index is 13.8. The van der Waals surface area contributed by atoms with E-state index >= 15 is 0 Å². The van der Waals surface area contributed by atoms with E-state index in [1.54, 1.807) is 72.7 Å². The van der Waals surface area contributed by atoms with Crippen molar-refractivity contribution in [3.05, 3.63) is 54.1 Å². The molecule has 2 aromatic carbocycles. The van der Waals surface area contributed by atoms with Crippen molar-refractivity contribution in [3.8, 4) is 5.75 Å². The van der Waals surface area contributed by atoms with Crippen LogP contribution in [-0.2, 0) is 23.7 Å². The third-order valence-electron chi connectivity index (χ3n) is 9.96. The molecule has 0 aliphatic heterocycles. The summed E-state index contributed by atoms with van der Waals surface area (Å²) in [5, 5.41) is 0. The monoisotopic (exact) mass is 922 g/mol. The van der Waals surface area contributed by atoms with Crippen molar-refractivity contribution in [2.24, 2.45) is 16.2 Å². The maximum Gasteiger partial charge on any atom is 0.455 e. The number of anilines is 2. The van der Waals surface area contributed by atoms with E-state index in [-0.39, 0.29) is 31.6 Å². The van der Waals surface area contributed by atoms with Gasteiger partial charge in [0.1, 0.15) is 25.1 Å². The van der Waals surface area contributed by atoms with E-state index < -0.39 is 96.2 Å². The highest BCUT2D eigenvalue weighted by atomic mass is 19.4. The molecule has 0 spiro atoms. The molecule has 9 nitrogen and oxygen atoms in total. The Morgan fingerprint density at radius 3 is 1.29 bits per heavy atom. The zero-order valence-corrected chi connectivity index (χ0v) is 37.6. The second-order valence-electron chi connectivity index (χ2n) is 19.4. The summed E-state index contributed by atoms with van der Waals surface area (Å²) in [6, 6.07) is 12.4. The first-order chi connectivity index (χ1) is 28.4. The smallest absolute Gasteiger partial charge is 0.455 e. The average Bonchev–Trinajstić information content (AvgIpc) is 3.09. The Bertz CT molecular complexity index is 1720. The predicted molar refractivity (Wildman–Crippen MR) is 219 cm³/mol. The molecule has 4 N–H and O–H groups in total. The molecule has 0 bridgehead atoms. The summed E-state index contributed by atoms with van der Waals surface area (Å²) in [4.78, 5) is 12.8. The van der Waals surface area contributed by atoms with Crippen LogP contribution < -0.4 is 16.2 Å². The van der Waals surface area contributed by atoms with Crippen molar-refractivity contribution in [2.75, 3.05) is 51.1 Å². The van der Waals surface area contributed by atoms with Gasteiger partial charge < -0.3 is 39.9 Å². The molecule has 63 heavy (non-hydrogen) atoms. The van der Waals surface area contributed by atoms with Crippen LogP contribution in [0.15, 0.2) is 48.5 Å². The molecule has 0 aliphatic carbocycles. The van der Waals surface area contributed by atoms with Crippen molar-refractivity contribution in [1.29, 1.82) is 0 Å². The molecule has 0 radical (unpaired) electrons. The summed E-state index contributed by atoms with van der Waals surface area (Å²) in [5.74, 6) is -10.4. The molecular formula is C44H64F10N2O7. The van der Waals surface area contributed by atoms with Crippen LogP contribution in [0.25, 0.3) is 0 Å². The molecule has 19 heteroatoms. The summed E-state index contributed by atoms with van der Waals surface area (Å²) >= 11 is 0. The number of esters is 1. The lowest BCUT2D eigenvalue weighted by Crippen LogP contribution is -2.44. The minimum absolute atomic E-state index is 0.0500. The number of hydrogen-bond donors (Lipinski definition) is 2. The van der Waals surface area contributed by atoms with Crippen LogP contribution in [0.4, 0.5) is 55.3 Å². The van der Waals surface area contributed by atoms with Gasteiger partial charge in [0, 0.05) is 22.2 Å². The lowest BCUT2D eigenvalue weighted by molar-refractivity contribution is -0.298. The molecule has 362 valence electrons. The normalized spacial score (nSPS) is 16.5. The molecule has 4 unspecified atom stereocenters. The SMILES string of the molecule is CC(CC(C)(COCC(F)(F)C(F)(F)F)COC(C)(C)CC(C)(C)CC(C)(C)OCC(C)(COCC(F)(F)C(F)(F)F)CC(C)Oc1ccc(N)cc1)OC(=O)c1ccc(N)cc1. The Morgan fingerprint density at radius 1 is 0.540 bits per heavy atom. The average molecular weight is 923 g/mol. The predicted octanol–water partition coefficient (Wildman–Crippen LogP) is 11.5. The third kappa shape index (κ3) is 19.2. The largest absolute Gasteiger partial charge is 0.491 e. The molecule has 0 amide bonds. The van der Waals surface area contributed by atoms with E-state index in [0.29, 0.717) is 30.0 Å². The van der Waals surface area contributed by atoms with Crippen molar-refractivity contribution >= 4 is 17.3 Å². The highest BCUT2D eigenvalue weighted by Gasteiger charge is 2.58. The van der Waals surface area contributed by atoms with Gasteiger partial charge in [-0.2, -0.15) is 43.9 Å². The van der Waals surface area contributed by atoms with E-state index in [9.17, 15) is 48.7 Å². The Hall–Kier alpha value is -3.55. The second-order valence-corrected chi connectivity index (χ2v) is 19.4. The summed E-state index contributed by atoms with van der Waals surface area (Å²) in [7, 11) is 0. The van der Waals surface area contributed by atoms with E-state index in [2.05, 4.69) is 0 Å². The lowest BCUT2D eigenvalue weighted by atomic mass is 9.74. The number of nitrogens with two attached hydrogens (primary N) is 2. The van der Waals surface area contributed by atoms with Gasteiger partial charge in [0.15, 0.2) is 0 Å². The molecular weight excluding hydrogens is 858 g/mol. The highest BCUT2D eigenvalue weighted by molar-refractivity contribution is 5.89. The fourth-order valence-electron chi connectivity index (χ4n) is 7.66. The molecule has 0 fully saturated rings. The standard InChI is InChI=1S/C44H64F10N2O7/c1-29(62-34-17-15-33(56)16-18-34)19-39(9,23-58-27-41(45,46)43(49,50)51)25-60-37(5,6)21-36(3,4)22-38(7,8)61-26-40(10,24-59-28-42(47,48)44(52,53)54)20-30(2)63-35(57)31-11-13-32(55)14-12-31/h11-18,29-30H,19-28,55-56H2,1-10H3. The van der Waals surface area contributed by atoms with Gasteiger partial charge in [-0.25, -0.2) is 4.79 Å². The topological polar surface area (TPSA) is 124 Å². The number of ether oxygens (including phenoxy) is 6. The fourth-order valence-corrected chi connectivity index (χ4v) is 7.66. The van der Waals surface area contributed by atoms with Crippen molar-refractivity contribution in [2.45, 2.75) is 143 Å². The highest BCUT2D eigenvalue weighted by Crippen LogP contribution is 2.42. The molecule has 2 rings (SSSR count). The zero-order chi connectivity index (χ0) is 48.5. The quantitative estimate of drug-likeness (QED) is 0.0539. The van der Waals surface area contributed by atoms with Gasteiger partial charge in [-0.1, -0.05) is 27.7 Å². The maximum absolute atomic E-state index is 13.8. The first kappa shape index (κ1) is 55.6. The number of alkyl halides is 10. The van der Waals surface area contributed by atoms with Gasteiger partial charge in [0.2, 0.25) is 0 Å². The Morgan fingerprint density at radius 2 is 0.905 bits per heavy atom. The van der Waals surface area contributed by atoms with E-state index in [0.717, 1.165) is 0 Å². The molecule has 4 atom stereocenters. The first-order valence-electron chi connectivity index (χ1n) is 20.3. The molecule has 0 aliphatic rings. The van der Waals surface area contributed by atoms with Gasteiger partial charge in [0.05, 0.1) is 49.3 Å². The number of carbonyl (C=O) groups is 1. The van der Waals surface area contributed by atoms with Crippen molar-refractivity contribution in [3.63, 3.8) is 0 Å². The first-order valence-corrected chi connectivity index (χ1v) is 20.3. The van der Waals surface area contributed by atoms with Crippen LogP contribution in [-0.4, -0.2) is 93.2 Å². The van der Waals surface area contributed by atoms with Crippen LogP contribution in [0, 0.1) is 16.2 Å². The number of benzene rings is 2. The van der Waals surface area contributed by atoms with Gasteiger partial charge >= 0.3 is 30.2 Å². The second kappa shape index (κ2) is 21.2. The van der Waals surface area contributed by atoms with E-state index in [1.807, 2.05) is 13.8 Å². The van der Waals surface area contributed by atoms with Crippen LogP contribution in [0.5, 0.6) is 5.75 Å².